The summed E-state index contributed by atoms with van der Waals surface area (Å²) in [5, 5.41) is 10.8. The molecule has 1 aliphatic heterocycles. The van der Waals surface area contributed by atoms with Gasteiger partial charge in [-0.25, -0.2) is 0 Å². The number of hydrogen-bond donors (Lipinski definition) is 1. The quantitative estimate of drug-likeness (QED) is 0.505. The molecule has 0 radical (unpaired) electrons. The first kappa shape index (κ1) is 14.3. The van der Waals surface area contributed by atoms with Crippen LogP contribution in [-0.4, -0.2) is 53.9 Å². The van der Waals surface area contributed by atoms with Gasteiger partial charge in [-0.1, -0.05) is 0 Å². The van der Waals surface area contributed by atoms with Crippen molar-refractivity contribution in [1.82, 2.24) is 9.80 Å². The minimum atomic E-state index is -0.525. The van der Waals surface area contributed by atoms with Gasteiger partial charge in [-0.05, 0) is 26.6 Å². The van der Waals surface area contributed by atoms with E-state index < -0.39 is 4.92 Å². The number of amides is 1. The van der Waals surface area contributed by atoms with E-state index in [1.54, 1.807) is 4.90 Å². The van der Waals surface area contributed by atoms with Gasteiger partial charge in [0, 0.05) is 37.0 Å². The maximum Gasteiger partial charge on any atom is 0.270 e. The highest BCUT2D eigenvalue weighted by atomic mass is 16.6. The number of hydrogen-bond acceptors (Lipinski definition) is 5. The number of likely N-dealkylation sites (N-methyl/N-ethyl adjacent to an activating group) is 1. The van der Waals surface area contributed by atoms with Crippen molar-refractivity contribution < 1.29 is 9.72 Å². The van der Waals surface area contributed by atoms with Gasteiger partial charge in [0.25, 0.3) is 11.6 Å². The summed E-state index contributed by atoms with van der Waals surface area (Å²) in [5.41, 5.74) is 6.13. The van der Waals surface area contributed by atoms with E-state index >= 15 is 0 Å². The van der Waals surface area contributed by atoms with Crippen molar-refractivity contribution >= 4 is 17.3 Å². The average molecular weight is 278 g/mol. The summed E-state index contributed by atoms with van der Waals surface area (Å²) in [6.07, 6.45) is 0.896. The zero-order valence-corrected chi connectivity index (χ0v) is 11.6. The number of nitro groups is 1. The molecule has 1 amide bonds. The number of nitro benzene ring substituents is 1. The van der Waals surface area contributed by atoms with Crippen molar-refractivity contribution in [3.8, 4) is 0 Å². The lowest BCUT2D eigenvalue weighted by Crippen LogP contribution is -2.34. The normalized spacial score (nSPS) is 18.6. The van der Waals surface area contributed by atoms with Crippen molar-refractivity contribution in [1.29, 1.82) is 0 Å². The van der Waals surface area contributed by atoms with E-state index in [-0.39, 0.29) is 22.8 Å². The third-order valence-electron chi connectivity index (χ3n) is 3.66. The highest BCUT2D eigenvalue weighted by molar-refractivity contribution is 6.00. The predicted molar refractivity (Wildman–Crippen MR) is 75.5 cm³/mol. The van der Waals surface area contributed by atoms with Crippen LogP contribution in [0.2, 0.25) is 0 Å². The minimum absolute atomic E-state index is 0.120. The Hall–Kier alpha value is -2.15. The summed E-state index contributed by atoms with van der Waals surface area (Å²) >= 11 is 0. The van der Waals surface area contributed by atoms with Gasteiger partial charge in [0.2, 0.25) is 0 Å². The molecule has 1 atom stereocenters. The molecule has 1 saturated heterocycles. The first-order chi connectivity index (χ1) is 9.40. The zero-order valence-electron chi connectivity index (χ0n) is 11.6. The van der Waals surface area contributed by atoms with Gasteiger partial charge in [0.1, 0.15) is 0 Å². The van der Waals surface area contributed by atoms with Crippen molar-refractivity contribution in [3.05, 3.63) is 33.9 Å². The Morgan fingerprint density at radius 1 is 1.50 bits per heavy atom. The summed E-state index contributed by atoms with van der Waals surface area (Å²) in [5.74, 6) is -0.240. The lowest BCUT2D eigenvalue weighted by atomic mass is 10.1. The number of benzene rings is 1. The highest BCUT2D eigenvalue weighted by Gasteiger charge is 2.29. The van der Waals surface area contributed by atoms with Crippen LogP contribution < -0.4 is 5.73 Å². The van der Waals surface area contributed by atoms with Gasteiger partial charge >= 0.3 is 0 Å². The predicted octanol–water partition coefficient (Wildman–Crippen LogP) is 0.953. The molecule has 2 rings (SSSR count). The fourth-order valence-corrected chi connectivity index (χ4v) is 2.36. The average Bonchev–Trinajstić information content (AvgIpc) is 2.88. The number of nitrogens with zero attached hydrogens (tertiary/aromatic N) is 3. The van der Waals surface area contributed by atoms with E-state index in [1.807, 2.05) is 14.1 Å². The Labute approximate surface area is 117 Å². The van der Waals surface area contributed by atoms with Crippen LogP contribution >= 0.6 is 0 Å². The van der Waals surface area contributed by atoms with Crippen LogP contribution in [0.4, 0.5) is 11.4 Å². The fourth-order valence-electron chi connectivity index (χ4n) is 2.36. The second-order valence-electron chi connectivity index (χ2n) is 5.19. The lowest BCUT2D eigenvalue weighted by Gasteiger charge is -2.20. The molecule has 0 spiro atoms. The van der Waals surface area contributed by atoms with Gasteiger partial charge < -0.3 is 15.5 Å². The molecule has 0 aliphatic carbocycles. The zero-order chi connectivity index (χ0) is 14.9. The van der Waals surface area contributed by atoms with E-state index in [0.29, 0.717) is 19.1 Å². The Morgan fingerprint density at radius 2 is 2.20 bits per heavy atom. The Kier molecular flexibility index (Phi) is 3.89. The molecule has 0 saturated carbocycles. The maximum absolute atomic E-state index is 12.4. The maximum atomic E-state index is 12.4. The number of anilines is 1. The molecule has 7 heteroatoms. The Bertz CT molecular complexity index is 544. The van der Waals surface area contributed by atoms with Crippen molar-refractivity contribution in [2.75, 3.05) is 32.9 Å². The number of rotatable bonds is 3. The van der Waals surface area contributed by atoms with Crippen LogP contribution in [0.3, 0.4) is 0 Å². The molecule has 1 aromatic rings. The first-order valence-electron chi connectivity index (χ1n) is 6.39. The largest absolute Gasteiger partial charge is 0.398 e. The van der Waals surface area contributed by atoms with Crippen LogP contribution in [0.1, 0.15) is 16.8 Å². The number of non-ortho nitro benzene ring substituents is 1. The molecular weight excluding hydrogens is 260 g/mol. The van der Waals surface area contributed by atoms with Gasteiger partial charge in [0.15, 0.2) is 0 Å². The van der Waals surface area contributed by atoms with Gasteiger partial charge in [0.05, 0.1) is 10.5 Å². The van der Waals surface area contributed by atoms with E-state index in [9.17, 15) is 14.9 Å². The molecule has 1 fully saturated rings. The van der Waals surface area contributed by atoms with Crippen LogP contribution in [0.5, 0.6) is 0 Å². The Morgan fingerprint density at radius 3 is 2.75 bits per heavy atom. The van der Waals surface area contributed by atoms with Crippen molar-refractivity contribution in [2.45, 2.75) is 12.5 Å². The number of nitrogen functional groups attached to an aromatic ring is 1. The first-order valence-corrected chi connectivity index (χ1v) is 6.39. The number of likely N-dealkylation sites (tertiary alicyclic amines) is 1. The summed E-state index contributed by atoms with van der Waals surface area (Å²) < 4.78 is 0. The third kappa shape index (κ3) is 2.72. The van der Waals surface area contributed by atoms with Gasteiger partial charge in [-0.3, -0.25) is 14.9 Å². The molecular formula is C13H18N4O3. The van der Waals surface area contributed by atoms with Crippen molar-refractivity contribution in [2.24, 2.45) is 0 Å². The van der Waals surface area contributed by atoms with Gasteiger partial charge in [-0.2, -0.15) is 0 Å². The summed E-state index contributed by atoms with van der Waals surface area (Å²) in [6.45, 7) is 1.26. The summed E-state index contributed by atoms with van der Waals surface area (Å²) in [6, 6.07) is 4.28. The molecule has 108 valence electrons. The molecule has 1 aromatic carbocycles. The topological polar surface area (TPSA) is 92.7 Å². The molecule has 2 N–H and O–H groups in total. The smallest absolute Gasteiger partial charge is 0.270 e. The number of nitrogens with two attached hydrogens (primary N) is 1. The Balaban J connectivity index is 2.21. The van der Waals surface area contributed by atoms with Crippen molar-refractivity contribution in [3.63, 3.8) is 0 Å². The van der Waals surface area contributed by atoms with Crippen LogP contribution in [-0.2, 0) is 0 Å². The molecule has 0 bridgehead atoms. The SMILES string of the molecule is CN(C)C1CCN(C(=O)c2cc([N+](=O)[O-])ccc2N)C1. The molecule has 1 heterocycles. The molecule has 1 aliphatic rings. The molecule has 0 aromatic heterocycles. The molecule has 1 unspecified atom stereocenters. The van der Waals surface area contributed by atoms with Crippen LogP contribution in [0.15, 0.2) is 18.2 Å². The van der Waals surface area contributed by atoms with E-state index in [0.717, 1.165) is 6.42 Å². The fraction of sp³-hybridized carbons (Fsp3) is 0.462. The monoisotopic (exact) mass is 278 g/mol. The van der Waals surface area contributed by atoms with E-state index in [1.165, 1.54) is 18.2 Å². The number of carbonyl (C=O) groups excluding carboxylic acids is 1. The lowest BCUT2D eigenvalue weighted by molar-refractivity contribution is -0.384. The molecule has 20 heavy (non-hydrogen) atoms. The second-order valence-corrected chi connectivity index (χ2v) is 5.19. The van der Waals surface area contributed by atoms with E-state index in [4.69, 9.17) is 5.73 Å². The summed E-state index contributed by atoms with van der Waals surface area (Å²) in [4.78, 5) is 26.4. The van der Waals surface area contributed by atoms with Gasteiger partial charge in [-0.15, -0.1) is 0 Å². The minimum Gasteiger partial charge on any atom is -0.398 e. The standard InChI is InChI=1S/C13H18N4O3/c1-15(2)10-5-6-16(8-10)13(18)11-7-9(17(19)20)3-4-12(11)14/h3-4,7,10H,5-6,8,14H2,1-2H3. The summed E-state index contributed by atoms with van der Waals surface area (Å²) in [7, 11) is 3.95. The number of carbonyl (C=O) groups is 1. The third-order valence-corrected chi connectivity index (χ3v) is 3.66. The van der Waals surface area contributed by atoms with E-state index in [2.05, 4.69) is 4.90 Å². The van der Waals surface area contributed by atoms with Crippen LogP contribution in [0, 0.1) is 10.1 Å². The second kappa shape index (κ2) is 5.46. The van der Waals surface area contributed by atoms with Crippen LogP contribution in [0.25, 0.3) is 0 Å². The molecule has 7 nitrogen and oxygen atoms in total. The highest BCUT2D eigenvalue weighted by Crippen LogP contribution is 2.23.